The van der Waals surface area contributed by atoms with Gasteiger partial charge in [-0.05, 0) is 96.5 Å². The lowest BCUT2D eigenvalue weighted by molar-refractivity contribution is -0.205. The first-order chi connectivity index (χ1) is 16.4. The number of aliphatic hydroxyl groups excluding tert-OH is 2. The molecule has 4 aliphatic rings. The van der Waals surface area contributed by atoms with Gasteiger partial charge in [-0.15, -0.1) is 10.3 Å². The summed E-state index contributed by atoms with van der Waals surface area (Å²) in [6.45, 7) is 4.51. The lowest BCUT2D eigenvalue weighted by Crippen LogP contribution is -2.65. The molecule has 4 nitrogen and oxygen atoms in total. The van der Waals surface area contributed by atoms with E-state index in [1.807, 2.05) is 0 Å². The van der Waals surface area contributed by atoms with Crippen molar-refractivity contribution < 1.29 is 20.1 Å². The van der Waals surface area contributed by atoms with Gasteiger partial charge in [0.05, 0.1) is 43.6 Å². The molecule has 36 heavy (non-hydrogen) atoms. The fourth-order valence-corrected chi connectivity index (χ4v) is 9.29. The van der Waals surface area contributed by atoms with Gasteiger partial charge in [-0.25, -0.2) is 0 Å². The maximum Gasteiger partial charge on any atom is 0.292 e. The quantitative estimate of drug-likeness (QED) is 0.510. The van der Waals surface area contributed by atoms with Crippen molar-refractivity contribution in [3.63, 3.8) is 0 Å². The Bertz CT molecular complexity index is 864. The highest BCUT2D eigenvalue weighted by molar-refractivity contribution is 6.67. The lowest BCUT2D eigenvalue weighted by Gasteiger charge is -2.68. The predicted octanol–water partition coefficient (Wildman–Crippen LogP) is 1.55. The smallest absolute Gasteiger partial charge is 0.292 e. The second-order valence-corrected chi connectivity index (χ2v) is 13.4. The Labute approximate surface area is 226 Å². The Balaban J connectivity index is 1.69. The second-order valence-electron chi connectivity index (χ2n) is 13.4. The van der Waals surface area contributed by atoms with E-state index in [2.05, 4.69) is 13.8 Å². The van der Waals surface area contributed by atoms with Crippen LogP contribution in [0.1, 0.15) is 71.6 Å². The molecule has 0 aromatic carbocycles. The summed E-state index contributed by atoms with van der Waals surface area (Å²) < 4.78 is 0. The Hall–Kier alpha value is -0.155. The highest BCUT2D eigenvalue weighted by atomic mass is 16.4. The van der Waals surface area contributed by atoms with Gasteiger partial charge in [0.2, 0.25) is 0 Å². The van der Waals surface area contributed by atoms with E-state index in [1.54, 1.807) is 0 Å². The van der Waals surface area contributed by atoms with Gasteiger partial charge in [-0.2, -0.15) is 0 Å². The number of carbonyl (C=O) groups is 1. The van der Waals surface area contributed by atoms with Gasteiger partial charge < -0.3 is 15.3 Å². The monoisotopic (exact) mass is 476 g/mol. The third kappa shape index (κ3) is 4.33. The van der Waals surface area contributed by atoms with Crippen molar-refractivity contribution in [3.05, 3.63) is 0 Å². The molecule has 4 rings (SSSR count). The topological polar surface area (TPSA) is 77.8 Å². The molecule has 0 aliphatic heterocycles. The largest absolute Gasteiger partial charge is 0.482 e. The number of hydrogen-bond donors (Lipinski definition) is 3. The molecular formula is C25H35B7O4. The van der Waals surface area contributed by atoms with Crippen LogP contribution in [0, 0.1) is 46.3 Å². The summed E-state index contributed by atoms with van der Waals surface area (Å²) in [5.41, 5.74) is -0.300. The maximum absolute atomic E-state index is 12.1. The Morgan fingerprint density at radius 1 is 0.861 bits per heavy atom. The zero-order chi connectivity index (χ0) is 27.1. The van der Waals surface area contributed by atoms with Gasteiger partial charge in [0.25, 0.3) is 5.97 Å². The van der Waals surface area contributed by atoms with Gasteiger partial charge >= 0.3 is 0 Å². The minimum absolute atomic E-state index is 0.0796. The maximum atomic E-state index is 12.1. The van der Waals surface area contributed by atoms with Crippen molar-refractivity contribution in [2.24, 2.45) is 46.3 Å². The number of rotatable bonds is 6. The molecule has 14 radical (unpaired) electrons. The molecule has 0 heterocycles. The van der Waals surface area contributed by atoms with Crippen LogP contribution in [0.15, 0.2) is 0 Å². The van der Waals surface area contributed by atoms with Crippen molar-refractivity contribution >= 4 is 60.9 Å². The molecule has 0 spiro atoms. The van der Waals surface area contributed by atoms with Gasteiger partial charge in [-0.1, -0.05) is 26.7 Å². The second kappa shape index (κ2) is 9.21. The van der Waals surface area contributed by atoms with Crippen LogP contribution < -0.4 is 0 Å². The molecule has 0 bridgehead atoms. The SMILES string of the molecule is [B]C([B])(CC[C@H]1CC[C@H]2[C@@H]3[C@H](O)[C@H](C([B])([B])C([B])([B])[B])[C@@H]4C[C@H](O)CC[C@]4(C)[C@H]3CC[C@]12C)C(=O)O. The summed E-state index contributed by atoms with van der Waals surface area (Å²) in [5, 5.41) is 26.6. The molecular weight excluding hydrogens is 440 g/mol. The van der Waals surface area contributed by atoms with Crippen LogP contribution in [0.25, 0.3) is 0 Å². The minimum atomic E-state index is -1.92. The summed E-state index contributed by atoms with van der Waals surface area (Å²) in [7, 11) is 43.1. The Morgan fingerprint density at radius 2 is 1.44 bits per heavy atom. The van der Waals surface area contributed by atoms with Gasteiger partial charge in [-0.3, -0.25) is 4.79 Å². The van der Waals surface area contributed by atoms with E-state index >= 15 is 0 Å². The number of fused-ring (bicyclic) bond motifs is 5. The van der Waals surface area contributed by atoms with Crippen molar-refractivity contribution in [2.75, 3.05) is 0 Å². The minimum Gasteiger partial charge on any atom is -0.482 e. The first kappa shape index (κ1) is 28.8. The van der Waals surface area contributed by atoms with Crippen LogP contribution in [-0.4, -0.2) is 88.4 Å². The molecule has 0 amide bonds. The molecule has 4 fully saturated rings. The van der Waals surface area contributed by atoms with E-state index in [-0.39, 0.29) is 46.8 Å². The van der Waals surface area contributed by atoms with Crippen LogP contribution in [0.5, 0.6) is 0 Å². The lowest BCUT2D eigenvalue weighted by atomic mass is 9.18. The molecule has 10 atom stereocenters. The third-order valence-electron chi connectivity index (χ3n) is 11.6. The summed E-state index contributed by atoms with van der Waals surface area (Å²) in [6, 6.07) is 0. The molecule has 0 aromatic rings. The van der Waals surface area contributed by atoms with Crippen molar-refractivity contribution in [3.8, 4) is 0 Å². The number of hydrogen-bond acceptors (Lipinski definition) is 3. The highest BCUT2D eigenvalue weighted by Crippen LogP contribution is 2.71. The van der Waals surface area contributed by atoms with Crippen LogP contribution in [0.3, 0.4) is 0 Å². The van der Waals surface area contributed by atoms with Gasteiger partial charge in [0.15, 0.2) is 0 Å². The number of carboxylic acids is 1. The van der Waals surface area contributed by atoms with Crippen LogP contribution >= 0.6 is 0 Å². The van der Waals surface area contributed by atoms with Gasteiger partial charge in [0, 0.05) is 23.5 Å². The summed E-state index contributed by atoms with van der Waals surface area (Å²) in [5.74, 6) is -1.47. The number of aliphatic carboxylic acids is 1. The molecule has 11 heteroatoms. The van der Waals surface area contributed by atoms with Crippen LogP contribution in [0.2, 0.25) is 15.5 Å². The average Bonchev–Trinajstić information content (AvgIpc) is 3.09. The van der Waals surface area contributed by atoms with E-state index in [9.17, 15) is 20.1 Å². The van der Waals surface area contributed by atoms with E-state index < -0.39 is 39.6 Å². The first-order valence-electron chi connectivity index (χ1n) is 13.5. The van der Waals surface area contributed by atoms with Crippen molar-refractivity contribution in [2.45, 2.75) is 99.4 Å². The van der Waals surface area contributed by atoms with E-state index in [0.29, 0.717) is 19.3 Å². The first-order valence-corrected chi connectivity index (χ1v) is 13.5. The summed E-state index contributed by atoms with van der Waals surface area (Å²) >= 11 is 0. The van der Waals surface area contributed by atoms with E-state index in [1.165, 1.54) is 0 Å². The fraction of sp³-hybridized carbons (Fsp3) is 0.960. The molecule has 4 saturated carbocycles. The standard InChI is InChI=1S/C25H35B7O4/c1-21-9-7-15-17(14(21)4-3-12(21)5-10-23(26,27)20(35)36)19(34)18(24(28,29)25(30,31)32)16-11-13(33)6-8-22(15,16)2/h12-19,33-34H,3-11H2,1-2H3,(H,35,36)/t12-,13-,14+,15+,16+,17+,18-,19+,21-,22-/m1/s1. The summed E-state index contributed by atoms with van der Waals surface area (Å²) in [4.78, 5) is 11.5. The zero-order valence-electron chi connectivity index (χ0n) is 21.8. The normalized spacial score (nSPS) is 45.3. The zero-order valence-corrected chi connectivity index (χ0v) is 21.8. The Kier molecular flexibility index (Phi) is 7.38. The van der Waals surface area contributed by atoms with E-state index in [0.717, 1.165) is 32.1 Å². The van der Waals surface area contributed by atoms with Crippen LogP contribution in [-0.2, 0) is 4.79 Å². The third-order valence-corrected chi connectivity index (χ3v) is 11.6. The average molecular weight is 475 g/mol. The fourth-order valence-electron chi connectivity index (χ4n) is 9.29. The van der Waals surface area contributed by atoms with Crippen molar-refractivity contribution in [1.29, 1.82) is 0 Å². The predicted molar refractivity (Wildman–Crippen MR) is 147 cm³/mol. The number of carboxylic acid groups (broad SMARTS) is 1. The van der Waals surface area contributed by atoms with Gasteiger partial charge in [0.1, 0.15) is 0 Å². The van der Waals surface area contributed by atoms with Crippen LogP contribution in [0.4, 0.5) is 0 Å². The molecule has 0 aromatic heterocycles. The van der Waals surface area contributed by atoms with Crippen molar-refractivity contribution in [1.82, 2.24) is 0 Å². The Morgan fingerprint density at radius 3 is 2.03 bits per heavy atom. The molecule has 180 valence electrons. The molecule has 0 unspecified atom stereocenters. The molecule has 3 N–H and O–H groups in total. The highest BCUT2D eigenvalue weighted by Gasteiger charge is 2.66. The molecule has 0 saturated heterocycles. The molecule has 4 aliphatic carbocycles. The number of aliphatic hydroxyl groups is 2. The summed E-state index contributed by atoms with van der Waals surface area (Å²) in [6.07, 6.45) is 5.13. The van der Waals surface area contributed by atoms with E-state index in [4.69, 9.17) is 54.9 Å².